The molecule has 2 aromatic rings. The number of nitrogens with one attached hydrogen (secondary N) is 1. The SMILES string of the molecule is CCCOc1c(Cl)cc(C(=O)Nc2sc(C)c(C)c2C(N)=O)cc1OCC. The number of aryl methyl sites for hydroxylation is 1. The number of hydrogen-bond donors (Lipinski definition) is 2. The van der Waals surface area contributed by atoms with Crippen LogP contribution in [-0.4, -0.2) is 25.0 Å². The molecule has 0 fully saturated rings. The van der Waals surface area contributed by atoms with Crippen LogP contribution < -0.4 is 20.5 Å². The van der Waals surface area contributed by atoms with Gasteiger partial charge in [0.25, 0.3) is 11.8 Å². The number of benzene rings is 1. The minimum absolute atomic E-state index is 0.285. The van der Waals surface area contributed by atoms with Gasteiger partial charge in [-0.15, -0.1) is 11.3 Å². The van der Waals surface area contributed by atoms with Gasteiger partial charge < -0.3 is 20.5 Å². The van der Waals surface area contributed by atoms with Crippen LogP contribution >= 0.6 is 22.9 Å². The number of amides is 2. The van der Waals surface area contributed by atoms with Crippen molar-refractivity contribution < 1.29 is 19.1 Å². The van der Waals surface area contributed by atoms with E-state index in [1.165, 1.54) is 17.4 Å². The molecule has 0 atom stereocenters. The van der Waals surface area contributed by atoms with E-state index in [1.807, 2.05) is 20.8 Å². The molecule has 146 valence electrons. The summed E-state index contributed by atoms with van der Waals surface area (Å²) in [5, 5.41) is 3.46. The molecule has 6 nitrogen and oxygen atoms in total. The van der Waals surface area contributed by atoms with Crippen molar-refractivity contribution in [2.75, 3.05) is 18.5 Å². The Kier molecular flexibility index (Phi) is 7.10. The first kappa shape index (κ1) is 21.1. The molecular formula is C19H23ClN2O4S. The first-order chi connectivity index (χ1) is 12.8. The molecule has 27 heavy (non-hydrogen) atoms. The standard InChI is InChI=1S/C19H23ClN2O4S/c1-5-7-26-16-13(20)8-12(9-14(16)25-6-2)18(24)22-19-15(17(21)23)10(3)11(4)27-19/h8-9H,5-7H2,1-4H3,(H2,21,23)(H,22,24). The van der Waals surface area contributed by atoms with Crippen LogP contribution in [0.2, 0.25) is 5.02 Å². The van der Waals surface area contributed by atoms with Gasteiger partial charge in [-0.3, -0.25) is 9.59 Å². The van der Waals surface area contributed by atoms with Gasteiger partial charge in [0.05, 0.1) is 23.8 Å². The Morgan fingerprint density at radius 1 is 1.22 bits per heavy atom. The van der Waals surface area contributed by atoms with Crippen molar-refractivity contribution >= 4 is 39.8 Å². The van der Waals surface area contributed by atoms with Gasteiger partial charge in [0.2, 0.25) is 0 Å². The lowest BCUT2D eigenvalue weighted by Crippen LogP contribution is -2.17. The molecule has 0 aliphatic rings. The van der Waals surface area contributed by atoms with Crippen molar-refractivity contribution in [1.29, 1.82) is 0 Å². The normalized spacial score (nSPS) is 10.6. The van der Waals surface area contributed by atoms with Crippen molar-refractivity contribution in [1.82, 2.24) is 0 Å². The first-order valence-corrected chi connectivity index (χ1v) is 9.79. The highest BCUT2D eigenvalue weighted by molar-refractivity contribution is 7.16. The second-order valence-corrected chi connectivity index (χ2v) is 7.50. The maximum atomic E-state index is 12.7. The van der Waals surface area contributed by atoms with Crippen molar-refractivity contribution in [2.45, 2.75) is 34.1 Å². The van der Waals surface area contributed by atoms with Gasteiger partial charge in [0.1, 0.15) is 5.00 Å². The largest absolute Gasteiger partial charge is 0.490 e. The Balaban J connectivity index is 2.37. The zero-order valence-corrected chi connectivity index (χ0v) is 17.3. The maximum absolute atomic E-state index is 12.7. The third-order valence-corrected chi connectivity index (χ3v) is 5.28. The molecule has 0 saturated heterocycles. The number of nitrogens with two attached hydrogens (primary N) is 1. The summed E-state index contributed by atoms with van der Waals surface area (Å²) in [6, 6.07) is 3.09. The van der Waals surface area contributed by atoms with Crippen molar-refractivity contribution in [3.8, 4) is 11.5 Å². The highest BCUT2D eigenvalue weighted by Gasteiger charge is 2.21. The Morgan fingerprint density at radius 2 is 1.93 bits per heavy atom. The zero-order chi connectivity index (χ0) is 20.1. The molecule has 8 heteroatoms. The quantitative estimate of drug-likeness (QED) is 0.667. The van der Waals surface area contributed by atoms with Gasteiger partial charge in [-0.05, 0) is 44.9 Å². The molecule has 0 radical (unpaired) electrons. The summed E-state index contributed by atoms with van der Waals surface area (Å²) < 4.78 is 11.2. The van der Waals surface area contributed by atoms with E-state index in [9.17, 15) is 9.59 Å². The van der Waals surface area contributed by atoms with Crippen LogP contribution in [0.1, 0.15) is 51.4 Å². The summed E-state index contributed by atoms with van der Waals surface area (Å²) in [4.78, 5) is 25.4. The minimum atomic E-state index is -0.580. The average molecular weight is 411 g/mol. The molecule has 0 aliphatic carbocycles. The molecule has 1 heterocycles. The van der Waals surface area contributed by atoms with Crippen molar-refractivity contribution in [3.63, 3.8) is 0 Å². The summed E-state index contributed by atoms with van der Waals surface area (Å²) in [5.74, 6) is -0.179. The van der Waals surface area contributed by atoms with Gasteiger partial charge in [0, 0.05) is 10.4 Å². The number of anilines is 1. The van der Waals surface area contributed by atoms with Crippen molar-refractivity contribution in [3.05, 3.63) is 38.7 Å². The van der Waals surface area contributed by atoms with Crippen LogP contribution in [0, 0.1) is 13.8 Å². The molecule has 1 aromatic heterocycles. The predicted octanol–water partition coefficient (Wildman–Crippen LogP) is 4.56. The van der Waals surface area contributed by atoms with Gasteiger partial charge >= 0.3 is 0 Å². The third-order valence-electron chi connectivity index (χ3n) is 3.88. The van der Waals surface area contributed by atoms with E-state index in [4.69, 9.17) is 26.8 Å². The van der Waals surface area contributed by atoms with E-state index in [2.05, 4.69) is 5.32 Å². The van der Waals surface area contributed by atoms with E-state index < -0.39 is 11.8 Å². The zero-order valence-electron chi connectivity index (χ0n) is 15.8. The molecule has 2 rings (SSSR count). The fourth-order valence-electron chi connectivity index (χ4n) is 2.49. The summed E-state index contributed by atoms with van der Waals surface area (Å²) in [7, 11) is 0. The summed E-state index contributed by atoms with van der Waals surface area (Å²) in [6.07, 6.45) is 0.817. The molecule has 0 unspecified atom stereocenters. The van der Waals surface area contributed by atoms with Gasteiger partial charge in [-0.25, -0.2) is 0 Å². The number of primary amides is 1. The minimum Gasteiger partial charge on any atom is -0.490 e. The number of carbonyl (C=O) groups excluding carboxylic acids is 2. The molecule has 1 aromatic carbocycles. The number of halogens is 1. The van der Waals surface area contributed by atoms with Crippen LogP contribution in [0.5, 0.6) is 11.5 Å². The topological polar surface area (TPSA) is 90.6 Å². The van der Waals surface area contributed by atoms with E-state index in [-0.39, 0.29) is 5.02 Å². The average Bonchev–Trinajstić information content (AvgIpc) is 2.88. The van der Waals surface area contributed by atoms with Crippen LogP contribution in [0.4, 0.5) is 5.00 Å². The molecular weight excluding hydrogens is 388 g/mol. The number of rotatable bonds is 8. The van der Waals surface area contributed by atoms with Gasteiger partial charge in [0.15, 0.2) is 11.5 Å². The highest BCUT2D eigenvalue weighted by Crippen LogP contribution is 2.38. The fraction of sp³-hybridized carbons (Fsp3) is 0.368. The molecule has 2 amide bonds. The predicted molar refractivity (Wildman–Crippen MR) is 109 cm³/mol. The lowest BCUT2D eigenvalue weighted by Gasteiger charge is -2.15. The Morgan fingerprint density at radius 3 is 2.52 bits per heavy atom. The number of thiophene rings is 1. The lowest BCUT2D eigenvalue weighted by atomic mass is 10.1. The number of carbonyl (C=O) groups is 2. The number of hydrogen-bond acceptors (Lipinski definition) is 5. The molecule has 0 spiro atoms. The van der Waals surface area contributed by atoms with Crippen LogP contribution in [0.3, 0.4) is 0 Å². The Bertz CT molecular complexity index is 864. The highest BCUT2D eigenvalue weighted by atomic mass is 35.5. The number of ether oxygens (including phenoxy) is 2. The molecule has 0 aliphatic heterocycles. The smallest absolute Gasteiger partial charge is 0.256 e. The third kappa shape index (κ3) is 4.73. The summed E-state index contributed by atoms with van der Waals surface area (Å²) in [6.45, 7) is 8.37. The summed E-state index contributed by atoms with van der Waals surface area (Å²) in [5.41, 5.74) is 6.84. The van der Waals surface area contributed by atoms with Gasteiger partial charge in [-0.1, -0.05) is 18.5 Å². The van der Waals surface area contributed by atoms with E-state index >= 15 is 0 Å². The first-order valence-electron chi connectivity index (χ1n) is 8.60. The Hall–Kier alpha value is -2.25. The Labute approximate surface area is 167 Å². The van der Waals surface area contributed by atoms with E-state index in [0.29, 0.717) is 40.8 Å². The van der Waals surface area contributed by atoms with Crippen LogP contribution in [0.15, 0.2) is 12.1 Å². The molecule has 0 bridgehead atoms. The fourth-order valence-corrected chi connectivity index (χ4v) is 3.82. The van der Waals surface area contributed by atoms with Crippen molar-refractivity contribution in [2.24, 2.45) is 5.73 Å². The lowest BCUT2D eigenvalue weighted by molar-refractivity contribution is 0.100. The monoisotopic (exact) mass is 410 g/mol. The summed E-state index contributed by atoms with van der Waals surface area (Å²) >= 11 is 7.61. The second-order valence-electron chi connectivity index (χ2n) is 5.87. The second kappa shape index (κ2) is 9.10. The maximum Gasteiger partial charge on any atom is 0.256 e. The van der Waals surface area contributed by atoms with Crippen LogP contribution in [0.25, 0.3) is 0 Å². The molecule has 0 saturated carbocycles. The van der Waals surface area contributed by atoms with E-state index in [1.54, 1.807) is 13.0 Å². The van der Waals surface area contributed by atoms with E-state index in [0.717, 1.165) is 16.9 Å². The van der Waals surface area contributed by atoms with Crippen LogP contribution in [-0.2, 0) is 0 Å². The molecule has 3 N–H and O–H groups in total. The van der Waals surface area contributed by atoms with Gasteiger partial charge in [-0.2, -0.15) is 0 Å².